The lowest BCUT2D eigenvalue weighted by molar-refractivity contribution is -0.452. The molecule has 39 heavy (non-hydrogen) atoms. The molecule has 2 rings (SSSR count). The topological polar surface area (TPSA) is 142 Å². The van der Waals surface area contributed by atoms with Gasteiger partial charge in [0.2, 0.25) is 0 Å². The van der Waals surface area contributed by atoms with Crippen LogP contribution in [0.15, 0.2) is 24.3 Å². The van der Waals surface area contributed by atoms with E-state index in [1.807, 2.05) is 38.1 Å². The number of hydrogen-bond acceptors (Lipinski definition) is 12. The predicted molar refractivity (Wildman–Crippen MR) is 133 cm³/mol. The van der Waals surface area contributed by atoms with Gasteiger partial charge in [-0.15, -0.1) is 0 Å². The monoisotopic (exact) mass is 548 g/mol. The minimum absolute atomic E-state index is 0.0202. The summed E-state index contributed by atoms with van der Waals surface area (Å²) in [5, 5.41) is 8.45. The van der Waals surface area contributed by atoms with E-state index in [0.717, 1.165) is 11.1 Å². The fourth-order valence-electron chi connectivity index (χ4n) is 3.98. The van der Waals surface area contributed by atoms with E-state index in [0.29, 0.717) is 52.6 Å². The van der Waals surface area contributed by atoms with Crippen molar-refractivity contribution >= 4 is 24.2 Å². The molecule has 0 aliphatic rings. The third-order valence-corrected chi connectivity index (χ3v) is 5.41. The predicted octanol–water partition coefficient (Wildman–Crippen LogP) is 5.72. The van der Waals surface area contributed by atoms with E-state index in [2.05, 4.69) is 29.6 Å². The minimum Gasteiger partial charge on any atom is -0.432 e. The van der Waals surface area contributed by atoms with E-state index in [1.54, 1.807) is 27.7 Å². The molecule has 0 saturated carbocycles. The van der Waals surface area contributed by atoms with Gasteiger partial charge < -0.3 is 9.47 Å². The number of hydrogen-bond donors (Lipinski definition) is 0. The Morgan fingerprint density at radius 2 is 0.846 bits per heavy atom. The molecule has 12 nitrogen and oxygen atoms in total. The van der Waals surface area contributed by atoms with Crippen molar-refractivity contribution in [3.05, 3.63) is 68.8 Å². The van der Waals surface area contributed by atoms with Gasteiger partial charge in [-0.2, -0.15) is 0 Å². The summed E-state index contributed by atoms with van der Waals surface area (Å²) < 4.78 is 9.55. The maximum Gasteiger partial charge on any atom is 0.543 e. The van der Waals surface area contributed by atoms with Gasteiger partial charge in [-0.05, 0) is 83.1 Å². The second-order valence-electron chi connectivity index (χ2n) is 8.85. The molecule has 0 unspecified atom stereocenters. The molecule has 0 fully saturated rings. The summed E-state index contributed by atoms with van der Waals surface area (Å²) in [5.74, 6) is -1.62. The Balaban J connectivity index is 1.51. The lowest BCUT2D eigenvalue weighted by Gasteiger charge is -2.09. The minimum atomic E-state index is -1.19. The molecule has 12 heteroatoms. The van der Waals surface area contributed by atoms with Crippen molar-refractivity contribution in [1.29, 1.82) is 0 Å². The molecular weight excluding hydrogens is 516 g/mol. The normalized spacial score (nSPS) is 10.4. The highest BCUT2D eigenvalue weighted by Crippen LogP contribution is 2.18. The van der Waals surface area contributed by atoms with Crippen LogP contribution >= 0.6 is 0 Å². The summed E-state index contributed by atoms with van der Waals surface area (Å²) in [6.07, 6.45) is -1.04. The summed E-state index contributed by atoms with van der Waals surface area (Å²) in [6, 6.07) is 7.25. The molecule has 0 amide bonds. The van der Waals surface area contributed by atoms with E-state index >= 15 is 0 Å². The maximum atomic E-state index is 12.1. The quantitative estimate of drug-likeness (QED) is 0.138. The van der Waals surface area contributed by atoms with Crippen LogP contribution in [0.1, 0.15) is 73.4 Å². The Morgan fingerprint density at radius 3 is 1.18 bits per heavy atom. The van der Waals surface area contributed by atoms with Crippen LogP contribution in [0.5, 0.6) is 0 Å². The van der Waals surface area contributed by atoms with Crippen LogP contribution in [0.25, 0.3) is 0 Å². The van der Waals surface area contributed by atoms with Crippen LogP contribution in [0.3, 0.4) is 0 Å². The van der Waals surface area contributed by atoms with Gasteiger partial charge in [0.05, 0.1) is 34.4 Å². The van der Waals surface area contributed by atoms with Crippen molar-refractivity contribution in [3.63, 3.8) is 0 Å². The van der Waals surface area contributed by atoms with Gasteiger partial charge in [0.25, 0.3) is 0 Å². The molecule has 212 valence electrons. The van der Waals surface area contributed by atoms with E-state index in [1.165, 1.54) is 0 Å². The highest BCUT2D eigenvalue weighted by atomic mass is 17.5. The van der Waals surface area contributed by atoms with Gasteiger partial charge in [-0.3, -0.25) is 9.78 Å². The summed E-state index contributed by atoms with van der Waals surface area (Å²) in [5.41, 5.74) is 5.38. The zero-order valence-electron chi connectivity index (χ0n) is 22.7. The first kappa shape index (κ1) is 31.1. The van der Waals surface area contributed by atoms with E-state index in [9.17, 15) is 19.2 Å². The number of rotatable bonds is 12. The van der Waals surface area contributed by atoms with E-state index < -0.39 is 24.2 Å². The van der Waals surface area contributed by atoms with Crippen LogP contribution in [0.4, 0.5) is 9.59 Å². The van der Waals surface area contributed by atoms with Gasteiger partial charge in [0, 0.05) is 0 Å². The smallest absolute Gasteiger partial charge is 0.432 e. The Bertz CT molecular complexity index is 1050. The van der Waals surface area contributed by atoms with E-state index in [-0.39, 0.29) is 13.2 Å². The lowest BCUT2D eigenvalue weighted by atomic mass is 10.0. The average molecular weight is 549 g/mol. The largest absolute Gasteiger partial charge is 0.543 e. The summed E-state index contributed by atoms with van der Waals surface area (Å²) >= 11 is 0. The van der Waals surface area contributed by atoms with Crippen molar-refractivity contribution in [2.45, 2.75) is 60.8 Å². The Kier molecular flexibility index (Phi) is 12.2. The fourth-order valence-corrected chi connectivity index (χ4v) is 3.98. The third kappa shape index (κ3) is 10.3. The number of ether oxygens (including phenoxy) is 2. The second-order valence-corrected chi connectivity index (χ2v) is 8.85. The maximum absolute atomic E-state index is 12.1. The molecular formula is C27H32O12. The number of carbonyl (C=O) groups is 4. The molecule has 0 spiro atoms. The molecule has 0 saturated heterocycles. The first-order valence-corrected chi connectivity index (χ1v) is 12.1. The Morgan fingerprint density at radius 1 is 0.513 bits per heavy atom. The molecule has 0 aromatic heterocycles. The Hall–Kier alpha value is -4.16. The van der Waals surface area contributed by atoms with Crippen LogP contribution in [0.2, 0.25) is 0 Å². The second kappa shape index (κ2) is 15.3. The highest BCUT2D eigenvalue weighted by Gasteiger charge is 2.18. The molecule has 2 aromatic rings. The number of carbonyl (C=O) groups excluding carboxylic acids is 4. The SMILES string of the molecule is Cc1cc(C)c(C(=O)OOOC(=O)OCCCCCOC(=O)OOOC(=O)c2c(C)cc(C)cc2C)c(C)c1. The van der Waals surface area contributed by atoms with Gasteiger partial charge >= 0.3 is 24.2 Å². The molecule has 0 N–H and O–H groups in total. The molecule has 0 bridgehead atoms. The fraction of sp³-hybridized carbons (Fsp3) is 0.407. The van der Waals surface area contributed by atoms with Crippen LogP contribution in [0, 0.1) is 41.5 Å². The number of aryl methyl sites for hydroxylation is 6. The molecule has 0 radical (unpaired) electrons. The average Bonchev–Trinajstić information content (AvgIpc) is 2.82. The standard InChI is InChI=1S/C27H32O12/c1-16-12-18(3)22(19(4)13-16)24(28)34-38-36-26(30)32-10-8-7-9-11-33-27(31)37-39-35-25(29)23-20(5)14-17(2)15-21(23)6/h12-15H,7-11H2,1-6H3. The van der Waals surface area contributed by atoms with Crippen LogP contribution < -0.4 is 0 Å². The lowest BCUT2D eigenvalue weighted by Crippen LogP contribution is -2.15. The summed E-state index contributed by atoms with van der Waals surface area (Å²) in [6.45, 7) is 10.8. The zero-order valence-corrected chi connectivity index (χ0v) is 22.7. The van der Waals surface area contributed by atoms with Crippen LogP contribution in [-0.4, -0.2) is 37.5 Å². The first-order valence-electron chi connectivity index (χ1n) is 12.1. The van der Waals surface area contributed by atoms with Crippen molar-refractivity contribution in [3.8, 4) is 0 Å². The highest BCUT2D eigenvalue weighted by molar-refractivity contribution is 5.93. The molecule has 0 heterocycles. The summed E-state index contributed by atoms with van der Waals surface area (Å²) in [7, 11) is 0. The van der Waals surface area contributed by atoms with Crippen LogP contribution in [-0.2, 0) is 39.1 Å². The molecule has 0 aliphatic carbocycles. The van der Waals surface area contributed by atoms with Crippen molar-refractivity contribution in [1.82, 2.24) is 0 Å². The molecule has 0 atom stereocenters. The van der Waals surface area contributed by atoms with Crippen molar-refractivity contribution in [2.24, 2.45) is 0 Å². The van der Waals surface area contributed by atoms with Crippen molar-refractivity contribution in [2.75, 3.05) is 13.2 Å². The first-order chi connectivity index (χ1) is 18.5. The van der Waals surface area contributed by atoms with Gasteiger partial charge in [-0.1, -0.05) is 35.4 Å². The molecule has 0 aliphatic heterocycles. The number of unbranched alkanes of at least 4 members (excludes halogenated alkanes) is 2. The van der Waals surface area contributed by atoms with Gasteiger partial charge in [-0.25, -0.2) is 29.0 Å². The van der Waals surface area contributed by atoms with Gasteiger partial charge in [0.15, 0.2) is 0 Å². The Labute approximate surface area is 225 Å². The third-order valence-electron chi connectivity index (χ3n) is 5.41. The van der Waals surface area contributed by atoms with E-state index in [4.69, 9.17) is 9.47 Å². The zero-order chi connectivity index (χ0) is 28.9. The summed E-state index contributed by atoms with van der Waals surface area (Å²) in [4.78, 5) is 64.8. The number of benzene rings is 2. The molecule has 2 aromatic carbocycles. The van der Waals surface area contributed by atoms with Gasteiger partial charge in [0.1, 0.15) is 0 Å². The van der Waals surface area contributed by atoms with Crippen molar-refractivity contribution < 1.29 is 58.3 Å².